The lowest BCUT2D eigenvalue weighted by Crippen LogP contribution is -2.37. The Labute approximate surface area is 230 Å². The van der Waals surface area contributed by atoms with Gasteiger partial charge in [0.25, 0.3) is 5.92 Å². The summed E-state index contributed by atoms with van der Waals surface area (Å²) in [7, 11) is 1.60. The molecule has 0 unspecified atom stereocenters. The average molecular weight is 559 g/mol. The van der Waals surface area contributed by atoms with E-state index in [9.17, 15) is 18.7 Å². The van der Waals surface area contributed by atoms with E-state index in [4.69, 9.17) is 9.84 Å². The molecule has 11 heteroatoms. The highest BCUT2D eigenvalue weighted by Gasteiger charge is 2.41. The Morgan fingerprint density at radius 1 is 1.27 bits per heavy atom. The van der Waals surface area contributed by atoms with Crippen LogP contribution in [0.15, 0.2) is 24.3 Å². The molecule has 2 heterocycles. The number of aryl methyl sites for hydroxylation is 1. The van der Waals surface area contributed by atoms with E-state index in [2.05, 4.69) is 20.6 Å². The minimum absolute atomic E-state index is 0.00842. The standard InChI is InChI=1S/C29H33F3N4O4/c1-15(18-5-4-6-21(23(18)30)29(31,32)14-37)34-26-20-13-22(28(39)10-7-17(8-11-28)27(38)33-3)25-19(9-12-40-25)24(20)35-16(2)36-26/h4-6,13,15,17,37,39H,7-12,14H2,1-3H3,(H,33,38)(H,34,35,36)/t15-,17?,28?/m1/s1. The number of aliphatic hydroxyl groups is 2. The number of fused-ring (bicyclic) bond motifs is 3. The summed E-state index contributed by atoms with van der Waals surface area (Å²) >= 11 is 0. The van der Waals surface area contributed by atoms with Gasteiger partial charge in [0.1, 0.15) is 29.8 Å². The molecule has 2 aromatic carbocycles. The van der Waals surface area contributed by atoms with Gasteiger partial charge in [-0.1, -0.05) is 12.1 Å². The van der Waals surface area contributed by atoms with E-state index in [0.29, 0.717) is 72.6 Å². The number of nitrogens with one attached hydrogen (secondary N) is 2. The first kappa shape index (κ1) is 28.1. The smallest absolute Gasteiger partial charge is 0.298 e. The van der Waals surface area contributed by atoms with Gasteiger partial charge in [-0.25, -0.2) is 14.4 Å². The molecule has 1 atom stereocenters. The van der Waals surface area contributed by atoms with Crippen molar-refractivity contribution < 1.29 is 32.9 Å². The number of alkyl halides is 2. The predicted molar refractivity (Wildman–Crippen MR) is 143 cm³/mol. The summed E-state index contributed by atoms with van der Waals surface area (Å²) in [5.41, 5.74) is -0.0325. The first-order valence-corrected chi connectivity index (χ1v) is 13.4. The molecule has 40 heavy (non-hydrogen) atoms. The molecule has 8 nitrogen and oxygen atoms in total. The Bertz CT molecular complexity index is 1460. The lowest BCUT2D eigenvalue weighted by atomic mass is 9.74. The minimum atomic E-state index is -3.72. The van der Waals surface area contributed by atoms with Gasteiger partial charge >= 0.3 is 0 Å². The molecule has 1 aliphatic carbocycles. The van der Waals surface area contributed by atoms with E-state index in [0.717, 1.165) is 11.6 Å². The Balaban J connectivity index is 1.56. The van der Waals surface area contributed by atoms with Crippen molar-refractivity contribution in [1.29, 1.82) is 0 Å². The van der Waals surface area contributed by atoms with Gasteiger partial charge in [0.05, 0.1) is 29.3 Å². The van der Waals surface area contributed by atoms with Crippen LogP contribution in [0.1, 0.15) is 66.7 Å². The van der Waals surface area contributed by atoms with Crippen LogP contribution in [0.3, 0.4) is 0 Å². The van der Waals surface area contributed by atoms with Gasteiger partial charge in [-0.05, 0) is 51.7 Å². The van der Waals surface area contributed by atoms with Crippen molar-refractivity contribution in [3.63, 3.8) is 0 Å². The maximum Gasteiger partial charge on any atom is 0.298 e. The fourth-order valence-electron chi connectivity index (χ4n) is 5.90. The number of halogens is 3. The van der Waals surface area contributed by atoms with Crippen molar-refractivity contribution >= 4 is 22.6 Å². The van der Waals surface area contributed by atoms with Gasteiger partial charge in [0.15, 0.2) is 0 Å². The number of carbonyl (C=O) groups is 1. The van der Waals surface area contributed by atoms with E-state index in [1.54, 1.807) is 27.0 Å². The van der Waals surface area contributed by atoms with Gasteiger partial charge in [-0.2, -0.15) is 8.78 Å². The van der Waals surface area contributed by atoms with Crippen LogP contribution in [0.25, 0.3) is 10.9 Å². The number of aromatic nitrogens is 2. The number of ether oxygens (including phenoxy) is 1. The van der Waals surface area contributed by atoms with Crippen LogP contribution < -0.4 is 15.4 Å². The molecule has 0 radical (unpaired) electrons. The largest absolute Gasteiger partial charge is 0.492 e. The highest BCUT2D eigenvalue weighted by Crippen LogP contribution is 2.48. The van der Waals surface area contributed by atoms with Crippen LogP contribution in [0.4, 0.5) is 19.0 Å². The van der Waals surface area contributed by atoms with Gasteiger partial charge in [0.2, 0.25) is 5.91 Å². The number of anilines is 1. The Morgan fingerprint density at radius 2 is 2.00 bits per heavy atom. The molecule has 1 fully saturated rings. The number of benzene rings is 2. The van der Waals surface area contributed by atoms with Crippen molar-refractivity contribution in [3.05, 3.63) is 58.2 Å². The summed E-state index contributed by atoms with van der Waals surface area (Å²) in [6.45, 7) is 2.28. The molecule has 2 aliphatic rings. The number of nitrogens with zero attached hydrogens (tertiary/aromatic N) is 2. The Hall–Kier alpha value is -3.44. The first-order chi connectivity index (χ1) is 19.0. The van der Waals surface area contributed by atoms with Crippen molar-refractivity contribution in [2.24, 2.45) is 5.92 Å². The van der Waals surface area contributed by atoms with Gasteiger partial charge in [0, 0.05) is 41.5 Å². The molecule has 1 aromatic heterocycles. The van der Waals surface area contributed by atoms with Crippen LogP contribution >= 0.6 is 0 Å². The fourth-order valence-corrected chi connectivity index (χ4v) is 5.90. The zero-order chi connectivity index (χ0) is 28.8. The maximum absolute atomic E-state index is 15.2. The van der Waals surface area contributed by atoms with E-state index in [1.165, 1.54) is 12.1 Å². The number of carbonyl (C=O) groups excluding carboxylic acids is 1. The third-order valence-electron chi connectivity index (χ3n) is 8.12. The zero-order valence-electron chi connectivity index (χ0n) is 22.7. The maximum atomic E-state index is 15.2. The summed E-state index contributed by atoms with van der Waals surface area (Å²) in [6.07, 6.45) is 2.35. The highest BCUT2D eigenvalue weighted by atomic mass is 19.3. The second-order valence-corrected chi connectivity index (χ2v) is 10.7. The third kappa shape index (κ3) is 4.85. The van der Waals surface area contributed by atoms with Crippen LogP contribution in [0, 0.1) is 18.7 Å². The Kier molecular flexibility index (Phi) is 7.39. The van der Waals surface area contributed by atoms with E-state index < -0.39 is 35.6 Å². The fraction of sp³-hybridized carbons (Fsp3) is 0.483. The lowest BCUT2D eigenvalue weighted by molar-refractivity contribution is -0.127. The molecule has 0 saturated heterocycles. The number of rotatable bonds is 7. The molecule has 214 valence electrons. The normalized spacial score (nSPS) is 21.6. The molecular formula is C29H33F3N4O4. The topological polar surface area (TPSA) is 117 Å². The predicted octanol–water partition coefficient (Wildman–Crippen LogP) is 4.39. The molecule has 0 spiro atoms. The summed E-state index contributed by atoms with van der Waals surface area (Å²) in [5, 5.41) is 27.3. The molecule has 4 N–H and O–H groups in total. The van der Waals surface area contributed by atoms with Crippen molar-refractivity contribution in [2.45, 2.75) is 63.5 Å². The molecule has 3 aromatic rings. The van der Waals surface area contributed by atoms with Gasteiger partial charge < -0.3 is 25.6 Å². The van der Waals surface area contributed by atoms with Crippen molar-refractivity contribution in [3.8, 4) is 5.75 Å². The summed E-state index contributed by atoms with van der Waals surface area (Å²) in [6, 6.07) is 4.71. The highest BCUT2D eigenvalue weighted by molar-refractivity contribution is 5.94. The van der Waals surface area contributed by atoms with E-state index in [1.807, 2.05) is 0 Å². The van der Waals surface area contributed by atoms with Crippen LogP contribution in [0.5, 0.6) is 5.75 Å². The van der Waals surface area contributed by atoms with E-state index >= 15 is 4.39 Å². The number of amides is 1. The van der Waals surface area contributed by atoms with Crippen LogP contribution in [-0.4, -0.2) is 46.3 Å². The zero-order valence-corrected chi connectivity index (χ0v) is 22.7. The average Bonchev–Trinajstić information content (AvgIpc) is 3.43. The molecule has 1 aliphatic heterocycles. The van der Waals surface area contributed by atoms with Crippen molar-refractivity contribution in [1.82, 2.24) is 15.3 Å². The van der Waals surface area contributed by atoms with E-state index in [-0.39, 0.29) is 17.4 Å². The quantitative estimate of drug-likeness (QED) is 0.340. The van der Waals surface area contributed by atoms with Crippen molar-refractivity contribution in [2.75, 3.05) is 25.6 Å². The Morgan fingerprint density at radius 3 is 2.67 bits per heavy atom. The SMILES string of the molecule is CNC(=O)C1CCC(O)(c2cc3c(N[C@H](C)c4cccc(C(F)(F)CO)c4F)nc(C)nc3c3c2OCC3)CC1. The summed E-state index contributed by atoms with van der Waals surface area (Å²) in [5.74, 6) is -3.63. The number of hydrogen-bond acceptors (Lipinski definition) is 7. The molecule has 1 amide bonds. The van der Waals surface area contributed by atoms with Crippen LogP contribution in [-0.2, 0) is 22.7 Å². The summed E-state index contributed by atoms with van der Waals surface area (Å²) < 4.78 is 49.5. The summed E-state index contributed by atoms with van der Waals surface area (Å²) in [4.78, 5) is 21.4. The first-order valence-electron chi connectivity index (χ1n) is 13.4. The molecule has 0 bridgehead atoms. The van der Waals surface area contributed by atoms with Gasteiger partial charge in [-0.3, -0.25) is 4.79 Å². The second kappa shape index (κ2) is 10.5. The van der Waals surface area contributed by atoms with Gasteiger partial charge in [-0.15, -0.1) is 0 Å². The minimum Gasteiger partial charge on any atom is -0.492 e. The number of hydrogen-bond donors (Lipinski definition) is 4. The monoisotopic (exact) mass is 558 g/mol. The molecule has 5 rings (SSSR count). The second-order valence-electron chi connectivity index (χ2n) is 10.7. The van der Waals surface area contributed by atoms with Crippen LogP contribution in [0.2, 0.25) is 0 Å². The third-order valence-corrected chi connectivity index (χ3v) is 8.12. The lowest BCUT2D eigenvalue weighted by Gasteiger charge is -2.36. The molecule has 1 saturated carbocycles. The molecular weight excluding hydrogens is 525 g/mol. The number of aliphatic hydroxyl groups excluding tert-OH is 1.